The standard InChI is InChI=1S/C23H22FNO3S/c1-16(17-7-9-19(24)10-8-17)28-23(26)21-15-20(18-5-3-2-4-6-18)22(29-21)25-11-13-27-14-12-25/h2-10,15-16H,11-14H2,1H3/t16-/m0/s1. The third-order valence-corrected chi connectivity index (χ3v) is 6.10. The van der Waals surface area contributed by atoms with E-state index in [9.17, 15) is 9.18 Å². The number of ether oxygens (including phenoxy) is 2. The van der Waals surface area contributed by atoms with E-state index in [1.54, 1.807) is 19.1 Å². The molecule has 2 aromatic carbocycles. The van der Waals surface area contributed by atoms with E-state index in [0.717, 1.165) is 34.8 Å². The molecule has 2 heterocycles. The Labute approximate surface area is 173 Å². The first kappa shape index (κ1) is 19.6. The van der Waals surface area contributed by atoms with Crippen molar-refractivity contribution in [3.05, 3.63) is 76.9 Å². The summed E-state index contributed by atoms with van der Waals surface area (Å²) in [5, 5.41) is 1.06. The van der Waals surface area contributed by atoms with Crippen LogP contribution < -0.4 is 4.90 Å². The molecule has 0 unspecified atom stereocenters. The van der Waals surface area contributed by atoms with E-state index in [0.29, 0.717) is 18.1 Å². The summed E-state index contributed by atoms with van der Waals surface area (Å²) >= 11 is 1.44. The van der Waals surface area contributed by atoms with Crippen molar-refractivity contribution in [2.45, 2.75) is 13.0 Å². The molecule has 29 heavy (non-hydrogen) atoms. The molecule has 1 saturated heterocycles. The highest BCUT2D eigenvalue weighted by molar-refractivity contribution is 7.18. The van der Waals surface area contributed by atoms with Crippen LogP contribution in [0.1, 0.15) is 28.3 Å². The molecule has 150 valence electrons. The SMILES string of the molecule is C[C@H](OC(=O)c1cc(-c2ccccc2)c(N2CCOCC2)s1)c1ccc(F)cc1. The van der Waals surface area contributed by atoms with Gasteiger partial charge in [-0.15, -0.1) is 11.3 Å². The van der Waals surface area contributed by atoms with Gasteiger partial charge in [0, 0.05) is 18.7 Å². The first-order valence-corrected chi connectivity index (χ1v) is 10.4. The summed E-state index contributed by atoms with van der Waals surface area (Å²) in [5.41, 5.74) is 2.85. The maximum Gasteiger partial charge on any atom is 0.349 e. The zero-order valence-corrected chi connectivity index (χ0v) is 17.0. The number of rotatable bonds is 5. The monoisotopic (exact) mass is 411 g/mol. The first-order chi connectivity index (χ1) is 14.1. The number of halogens is 1. The van der Waals surface area contributed by atoms with E-state index in [4.69, 9.17) is 9.47 Å². The van der Waals surface area contributed by atoms with E-state index in [1.807, 2.05) is 36.4 Å². The Morgan fingerprint density at radius 2 is 1.79 bits per heavy atom. The number of morpholine rings is 1. The number of esters is 1. The van der Waals surface area contributed by atoms with E-state index in [1.165, 1.54) is 23.5 Å². The Morgan fingerprint density at radius 3 is 2.48 bits per heavy atom. The van der Waals surface area contributed by atoms with Gasteiger partial charge in [-0.25, -0.2) is 9.18 Å². The molecule has 0 bridgehead atoms. The van der Waals surface area contributed by atoms with Crippen LogP contribution in [0.5, 0.6) is 0 Å². The van der Waals surface area contributed by atoms with Gasteiger partial charge in [0.15, 0.2) is 0 Å². The Balaban J connectivity index is 1.60. The molecule has 1 aliphatic rings. The van der Waals surface area contributed by atoms with Crippen LogP contribution in [-0.4, -0.2) is 32.3 Å². The molecule has 1 atom stereocenters. The molecule has 0 radical (unpaired) electrons. The van der Waals surface area contributed by atoms with Crippen LogP contribution >= 0.6 is 11.3 Å². The molecule has 0 N–H and O–H groups in total. The van der Waals surface area contributed by atoms with Gasteiger partial charge in [0.05, 0.1) is 18.2 Å². The molecule has 0 spiro atoms. The summed E-state index contributed by atoms with van der Waals surface area (Å²) in [7, 11) is 0. The summed E-state index contributed by atoms with van der Waals surface area (Å²) in [6.45, 7) is 4.72. The second-order valence-electron chi connectivity index (χ2n) is 6.89. The van der Waals surface area contributed by atoms with Gasteiger partial charge in [0.2, 0.25) is 0 Å². The highest BCUT2D eigenvalue weighted by atomic mass is 32.1. The van der Waals surface area contributed by atoms with Gasteiger partial charge in [-0.1, -0.05) is 42.5 Å². The van der Waals surface area contributed by atoms with Crippen LogP contribution in [-0.2, 0) is 9.47 Å². The zero-order valence-electron chi connectivity index (χ0n) is 16.1. The average molecular weight is 411 g/mol. The second-order valence-corrected chi connectivity index (χ2v) is 7.92. The highest BCUT2D eigenvalue weighted by Crippen LogP contribution is 2.40. The van der Waals surface area contributed by atoms with Gasteiger partial charge in [-0.05, 0) is 36.2 Å². The lowest BCUT2D eigenvalue weighted by Gasteiger charge is -2.28. The predicted octanol–water partition coefficient (Wildman–Crippen LogP) is 5.31. The van der Waals surface area contributed by atoms with Crippen molar-refractivity contribution in [2.75, 3.05) is 31.2 Å². The number of benzene rings is 2. The maximum atomic E-state index is 13.1. The van der Waals surface area contributed by atoms with Crippen LogP contribution in [0.2, 0.25) is 0 Å². The van der Waals surface area contributed by atoms with Gasteiger partial charge < -0.3 is 14.4 Å². The molecule has 6 heteroatoms. The molecular formula is C23H22FNO3S. The van der Waals surface area contributed by atoms with Crippen LogP contribution in [0.4, 0.5) is 9.39 Å². The van der Waals surface area contributed by atoms with Gasteiger partial charge in [0.1, 0.15) is 16.8 Å². The molecule has 1 aliphatic heterocycles. The van der Waals surface area contributed by atoms with Crippen molar-refractivity contribution in [3.63, 3.8) is 0 Å². The number of hydrogen-bond donors (Lipinski definition) is 0. The highest BCUT2D eigenvalue weighted by Gasteiger charge is 2.23. The molecule has 1 aromatic heterocycles. The summed E-state index contributed by atoms with van der Waals surface area (Å²) in [6.07, 6.45) is -0.461. The van der Waals surface area contributed by atoms with Gasteiger partial charge in [0.25, 0.3) is 0 Å². The van der Waals surface area contributed by atoms with Gasteiger partial charge in [-0.3, -0.25) is 0 Å². The molecule has 1 fully saturated rings. The van der Waals surface area contributed by atoms with E-state index < -0.39 is 6.10 Å². The first-order valence-electron chi connectivity index (χ1n) is 9.60. The Hall–Kier alpha value is -2.70. The fourth-order valence-corrected chi connectivity index (χ4v) is 4.44. The Bertz CT molecular complexity index is 966. The maximum absolute atomic E-state index is 13.1. The molecule has 4 nitrogen and oxygen atoms in total. The van der Waals surface area contributed by atoms with E-state index in [-0.39, 0.29) is 11.8 Å². The third-order valence-electron chi connectivity index (χ3n) is 4.92. The van der Waals surface area contributed by atoms with Crippen LogP contribution in [0.3, 0.4) is 0 Å². The summed E-state index contributed by atoms with van der Waals surface area (Å²) in [4.78, 5) is 15.7. The number of carbonyl (C=O) groups excluding carboxylic acids is 1. The molecular weight excluding hydrogens is 389 g/mol. The fourth-order valence-electron chi connectivity index (χ4n) is 3.33. The molecule has 4 rings (SSSR count). The minimum Gasteiger partial charge on any atom is -0.454 e. The van der Waals surface area contributed by atoms with Crippen molar-refractivity contribution in [3.8, 4) is 11.1 Å². The lowest BCUT2D eigenvalue weighted by atomic mass is 10.1. The largest absolute Gasteiger partial charge is 0.454 e. The molecule has 0 aliphatic carbocycles. The van der Waals surface area contributed by atoms with Crippen molar-refractivity contribution < 1.29 is 18.7 Å². The lowest BCUT2D eigenvalue weighted by Crippen LogP contribution is -2.35. The normalized spacial score (nSPS) is 15.2. The Kier molecular flexibility index (Phi) is 5.92. The topological polar surface area (TPSA) is 38.8 Å². The number of thiophene rings is 1. The fraction of sp³-hybridized carbons (Fsp3) is 0.261. The van der Waals surface area contributed by atoms with Crippen molar-refractivity contribution in [1.29, 1.82) is 0 Å². The minimum absolute atomic E-state index is 0.312. The number of nitrogens with zero attached hydrogens (tertiary/aromatic N) is 1. The number of anilines is 1. The molecule has 3 aromatic rings. The lowest BCUT2D eigenvalue weighted by molar-refractivity contribution is 0.0344. The van der Waals surface area contributed by atoms with E-state index in [2.05, 4.69) is 4.90 Å². The number of hydrogen-bond acceptors (Lipinski definition) is 5. The minimum atomic E-state index is -0.461. The van der Waals surface area contributed by atoms with E-state index >= 15 is 0 Å². The third kappa shape index (κ3) is 4.49. The molecule has 0 saturated carbocycles. The van der Waals surface area contributed by atoms with Crippen LogP contribution in [0.15, 0.2) is 60.7 Å². The average Bonchev–Trinajstić information content (AvgIpc) is 3.21. The van der Waals surface area contributed by atoms with Crippen molar-refractivity contribution in [2.24, 2.45) is 0 Å². The van der Waals surface area contributed by atoms with Gasteiger partial charge >= 0.3 is 5.97 Å². The van der Waals surface area contributed by atoms with Crippen LogP contribution in [0, 0.1) is 5.82 Å². The number of carbonyl (C=O) groups is 1. The Morgan fingerprint density at radius 1 is 1.10 bits per heavy atom. The van der Waals surface area contributed by atoms with Crippen LogP contribution in [0.25, 0.3) is 11.1 Å². The second kappa shape index (κ2) is 8.76. The quantitative estimate of drug-likeness (QED) is 0.534. The van der Waals surface area contributed by atoms with Crippen molar-refractivity contribution in [1.82, 2.24) is 0 Å². The van der Waals surface area contributed by atoms with Gasteiger partial charge in [-0.2, -0.15) is 0 Å². The smallest absolute Gasteiger partial charge is 0.349 e. The predicted molar refractivity (Wildman–Crippen MR) is 113 cm³/mol. The van der Waals surface area contributed by atoms with Crippen molar-refractivity contribution >= 4 is 22.3 Å². The zero-order chi connectivity index (χ0) is 20.2. The summed E-state index contributed by atoms with van der Waals surface area (Å²) in [5.74, 6) is -0.684. The summed E-state index contributed by atoms with van der Waals surface area (Å²) in [6, 6.07) is 18.0. The molecule has 0 amide bonds. The summed E-state index contributed by atoms with van der Waals surface area (Å²) < 4.78 is 24.3.